The molecule has 0 aromatic heterocycles. The minimum absolute atomic E-state index is 0.0774. The van der Waals surface area contributed by atoms with Crippen LogP contribution in [0.25, 0.3) is 0 Å². The average molecular weight is 368 g/mol. The summed E-state index contributed by atoms with van der Waals surface area (Å²) in [5, 5.41) is 5.77. The van der Waals surface area contributed by atoms with Gasteiger partial charge in [-0.1, -0.05) is 81.4 Å². The summed E-state index contributed by atoms with van der Waals surface area (Å²) in [5.41, 5.74) is 1.96. The van der Waals surface area contributed by atoms with Crippen LogP contribution in [0.3, 0.4) is 0 Å². The lowest BCUT2D eigenvalue weighted by Crippen LogP contribution is -2.50. The number of ether oxygens (including phenoxy) is 1. The predicted octanol–water partition coefficient (Wildman–Crippen LogP) is 4.05. The molecule has 0 fully saturated rings. The molecule has 2 N–H and O–H groups in total. The van der Waals surface area contributed by atoms with E-state index in [0.29, 0.717) is 6.61 Å². The maximum atomic E-state index is 13.0. The predicted molar refractivity (Wildman–Crippen MR) is 106 cm³/mol. The summed E-state index contributed by atoms with van der Waals surface area (Å²) in [6.45, 7) is 6.04. The highest BCUT2D eigenvalue weighted by Crippen LogP contribution is 2.22. The Morgan fingerprint density at radius 2 is 1.41 bits per heavy atom. The topological polar surface area (TPSA) is 67.4 Å². The van der Waals surface area contributed by atoms with Gasteiger partial charge in [0, 0.05) is 0 Å². The average Bonchev–Trinajstić information content (AvgIpc) is 2.69. The Balaban J connectivity index is 2.19. The van der Waals surface area contributed by atoms with E-state index in [4.69, 9.17) is 4.74 Å². The summed E-state index contributed by atoms with van der Waals surface area (Å²) in [5.74, 6) is -0.317. The van der Waals surface area contributed by atoms with E-state index in [1.54, 1.807) is 0 Å². The Bertz CT molecular complexity index is 677. The Kier molecular flexibility index (Phi) is 7.86. The second kappa shape index (κ2) is 10.4. The molecule has 144 valence electrons. The number of carbonyl (C=O) groups is 2. The fourth-order valence-corrected chi connectivity index (χ4v) is 2.78. The zero-order chi connectivity index (χ0) is 19.6. The van der Waals surface area contributed by atoms with Gasteiger partial charge in [-0.05, 0) is 23.5 Å². The number of amides is 2. The number of alkyl carbamates (subject to hydrolysis) is 1. The molecule has 0 bridgehead atoms. The quantitative estimate of drug-likeness (QED) is 0.738. The lowest BCUT2D eigenvalue weighted by molar-refractivity contribution is -0.124. The molecule has 0 radical (unpaired) electrons. The van der Waals surface area contributed by atoms with Gasteiger partial charge in [0.15, 0.2) is 0 Å². The first kappa shape index (κ1) is 20.5. The van der Waals surface area contributed by atoms with Crippen molar-refractivity contribution in [3.8, 4) is 0 Å². The van der Waals surface area contributed by atoms with Gasteiger partial charge >= 0.3 is 6.09 Å². The van der Waals surface area contributed by atoms with Gasteiger partial charge < -0.3 is 15.4 Å². The third-order valence-electron chi connectivity index (χ3n) is 4.21. The number of hydrogen-bond donors (Lipinski definition) is 2. The zero-order valence-electron chi connectivity index (χ0n) is 16.1. The molecule has 1 atom stereocenters. The van der Waals surface area contributed by atoms with Crippen LogP contribution in [0.15, 0.2) is 60.7 Å². The molecule has 0 aliphatic heterocycles. The second-order valence-corrected chi connectivity index (χ2v) is 6.76. The Morgan fingerprint density at radius 1 is 0.889 bits per heavy atom. The van der Waals surface area contributed by atoms with E-state index in [2.05, 4.69) is 10.6 Å². The van der Waals surface area contributed by atoms with Crippen molar-refractivity contribution in [2.75, 3.05) is 6.61 Å². The summed E-state index contributed by atoms with van der Waals surface area (Å²) >= 11 is 0. The highest BCUT2D eigenvalue weighted by molar-refractivity contribution is 5.86. The van der Waals surface area contributed by atoms with Crippen LogP contribution in [0.5, 0.6) is 0 Å². The van der Waals surface area contributed by atoms with Crippen molar-refractivity contribution in [3.05, 3.63) is 71.8 Å². The van der Waals surface area contributed by atoms with Crippen LogP contribution in [0.2, 0.25) is 0 Å². The van der Waals surface area contributed by atoms with Crippen molar-refractivity contribution < 1.29 is 14.3 Å². The van der Waals surface area contributed by atoms with Gasteiger partial charge in [-0.3, -0.25) is 4.79 Å². The van der Waals surface area contributed by atoms with E-state index >= 15 is 0 Å². The summed E-state index contributed by atoms with van der Waals surface area (Å²) in [4.78, 5) is 24.9. The van der Waals surface area contributed by atoms with E-state index in [0.717, 1.165) is 17.5 Å². The van der Waals surface area contributed by atoms with Crippen LogP contribution in [-0.2, 0) is 9.53 Å². The van der Waals surface area contributed by atoms with Crippen molar-refractivity contribution in [3.63, 3.8) is 0 Å². The van der Waals surface area contributed by atoms with Crippen molar-refractivity contribution in [2.45, 2.75) is 39.3 Å². The van der Waals surface area contributed by atoms with E-state index in [-0.39, 0.29) is 17.9 Å². The van der Waals surface area contributed by atoms with Gasteiger partial charge in [-0.25, -0.2) is 4.79 Å². The van der Waals surface area contributed by atoms with Crippen LogP contribution in [-0.4, -0.2) is 24.6 Å². The fourth-order valence-electron chi connectivity index (χ4n) is 2.78. The lowest BCUT2D eigenvalue weighted by atomic mass is 9.97. The molecule has 2 rings (SSSR count). The zero-order valence-corrected chi connectivity index (χ0v) is 16.1. The monoisotopic (exact) mass is 368 g/mol. The summed E-state index contributed by atoms with van der Waals surface area (Å²) in [6, 6.07) is 18.6. The molecule has 0 unspecified atom stereocenters. The molecule has 2 amide bonds. The maximum absolute atomic E-state index is 13.0. The van der Waals surface area contributed by atoms with Crippen LogP contribution < -0.4 is 10.6 Å². The molecule has 2 aromatic carbocycles. The highest BCUT2D eigenvalue weighted by Gasteiger charge is 2.27. The first-order valence-electron chi connectivity index (χ1n) is 9.36. The van der Waals surface area contributed by atoms with Crippen LogP contribution in [0, 0.1) is 5.92 Å². The van der Waals surface area contributed by atoms with Gasteiger partial charge in [0.1, 0.15) is 6.04 Å². The molecule has 2 aromatic rings. The Morgan fingerprint density at radius 3 is 1.85 bits per heavy atom. The van der Waals surface area contributed by atoms with Gasteiger partial charge in [0.2, 0.25) is 5.91 Å². The first-order valence-corrected chi connectivity index (χ1v) is 9.36. The Hall–Kier alpha value is -2.82. The fraction of sp³-hybridized carbons (Fsp3) is 0.364. The van der Waals surface area contributed by atoms with Crippen molar-refractivity contribution in [1.29, 1.82) is 0 Å². The molecule has 0 aliphatic carbocycles. The largest absolute Gasteiger partial charge is 0.450 e. The van der Waals surface area contributed by atoms with E-state index in [1.165, 1.54) is 0 Å². The highest BCUT2D eigenvalue weighted by atomic mass is 16.5. The minimum Gasteiger partial charge on any atom is -0.450 e. The van der Waals surface area contributed by atoms with Crippen LogP contribution in [0.1, 0.15) is 44.4 Å². The smallest absolute Gasteiger partial charge is 0.407 e. The second-order valence-electron chi connectivity index (χ2n) is 6.76. The van der Waals surface area contributed by atoms with Gasteiger partial charge in [0.05, 0.1) is 12.6 Å². The summed E-state index contributed by atoms with van der Waals surface area (Å²) in [7, 11) is 0. The number of benzene rings is 2. The van der Waals surface area contributed by atoms with Crippen LogP contribution >= 0.6 is 0 Å². The normalized spacial score (nSPS) is 11.9. The SMILES string of the molecule is CCCOC(=O)N[C@H](C(=O)NC(c1ccccc1)c1ccccc1)C(C)C. The van der Waals surface area contributed by atoms with Gasteiger partial charge in [-0.2, -0.15) is 0 Å². The van der Waals surface area contributed by atoms with Gasteiger partial charge in [0.25, 0.3) is 0 Å². The third-order valence-corrected chi connectivity index (χ3v) is 4.21. The first-order chi connectivity index (χ1) is 13.0. The molecule has 0 saturated carbocycles. The summed E-state index contributed by atoms with van der Waals surface area (Å²) in [6.07, 6.45) is 0.164. The summed E-state index contributed by atoms with van der Waals surface area (Å²) < 4.78 is 5.07. The standard InChI is InChI=1S/C22H28N2O3/c1-4-15-27-22(26)24-19(16(2)3)21(25)23-20(17-11-7-5-8-12-17)18-13-9-6-10-14-18/h5-14,16,19-20H,4,15H2,1-3H3,(H,23,25)(H,24,26)/t19-/m0/s1. The molecular formula is C22H28N2O3. The third kappa shape index (κ3) is 6.13. The maximum Gasteiger partial charge on any atom is 0.407 e. The van der Waals surface area contributed by atoms with Crippen LogP contribution in [0.4, 0.5) is 4.79 Å². The molecule has 0 heterocycles. The van der Waals surface area contributed by atoms with Crippen molar-refractivity contribution in [2.24, 2.45) is 5.92 Å². The molecule has 0 spiro atoms. The number of hydrogen-bond acceptors (Lipinski definition) is 3. The van der Waals surface area contributed by atoms with Gasteiger partial charge in [-0.15, -0.1) is 0 Å². The molecule has 5 heteroatoms. The van der Waals surface area contributed by atoms with Crippen molar-refractivity contribution >= 4 is 12.0 Å². The number of rotatable bonds is 8. The minimum atomic E-state index is -0.677. The number of nitrogens with one attached hydrogen (secondary N) is 2. The number of carbonyl (C=O) groups excluding carboxylic acids is 2. The molecular weight excluding hydrogens is 340 g/mol. The van der Waals surface area contributed by atoms with E-state index in [1.807, 2.05) is 81.4 Å². The molecule has 27 heavy (non-hydrogen) atoms. The lowest BCUT2D eigenvalue weighted by Gasteiger charge is -2.26. The molecule has 0 aliphatic rings. The Labute approximate surface area is 161 Å². The van der Waals surface area contributed by atoms with Crippen molar-refractivity contribution in [1.82, 2.24) is 10.6 Å². The van der Waals surface area contributed by atoms with E-state index in [9.17, 15) is 9.59 Å². The van der Waals surface area contributed by atoms with E-state index < -0.39 is 12.1 Å². The molecule has 0 saturated heterocycles. The molecule has 5 nitrogen and oxygen atoms in total.